The van der Waals surface area contributed by atoms with Gasteiger partial charge in [-0.2, -0.15) is 0 Å². The topological polar surface area (TPSA) is 50.4 Å². The molecule has 1 aliphatic heterocycles. The molecule has 2 N–H and O–H groups in total. The molecule has 0 radical (unpaired) electrons. The van der Waals surface area contributed by atoms with Crippen LogP contribution >= 0.6 is 0 Å². The van der Waals surface area contributed by atoms with Crippen molar-refractivity contribution in [2.45, 2.75) is 18.9 Å². The lowest BCUT2D eigenvalue weighted by molar-refractivity contribution is -0.125. The van der Waals surface area contributed by atoms with Crippen molar-refractivity contribution < 1.29 is 9.53 Å². The van der Waals surface area contributed by atoms with Crippen LogP contribution < -0.4 is 10.6 Å². The highest BCUT2D eigenvalue weighted by Crippen LogP contribution is 2.00. The van der Waals surface area contributed by atoms with Gasteiger partial charge >= 0.3 is 0 Å². The molecule has 0 spiro atoms. The average molecular weight is 172 g/mol. The molecule has 1 rings (SSSR count). The first-order valence-corrected chi connectivity index (χ1v) is 4.32. The highest BCUT2D eigenvalue weighted by atomic mass is 16.5. The first-order chi connectivity index (χ1) is 5.83. The number of piperidine rings is 1. The van der Waals surface area contributed by atoms with Gasteiger partial charge in [0.15, 0.2) is 0 Å². The van der Waals surface area contributed by atoms with Crippen LogP contribution in [0.1, 0.15) is 12.8 Å². The number of carbonyl (C=O) groups excluding carboxylic acids is 1. The van der Waals surface area contributed by atoms with E-state index in [0.29, 0.717) is 6.04 Å². The van der Waals surface area contributed by atoms with Gasteiger partial charge in [-0.25, -0.2) is 0 Å². The third-order valence-electron chi connectivity index (χ3n) is 1.94. The zero-order chi connectivity index (χ0) is 8.81. The Balaban J connectivity index is 2.15. The average Bonchev–Trinajstić information content (AvgIpc) is 2.06. The Hall–Kier alpha value is -0.610. The lowest BCUT2D eigenvalue weighted by Crippen LogP contribution is -2.46. The summed E-state index contributed by atoms with van der Waals surface area (Å²) in [5, 5.41) is 6.12. The summed E-state index contributed by atoms with van der Waals surface area (Å²) in [5.74, 6) is -0.0220. The maximum absolute atomic E-state index is 11.0. The smallest absolute Gasteiger partial charge is 0.246 e. The quantitative estimate of drug-likeness (QED) is 0.603. The molecule has 0 saturated carbocycles. The van der Waals surface area contributed by atoms with Gasteiger partial charge in [0.2, 0.25) is 5.91 Å². The Morgan fingerprint density at radius 3 is 3.17 bits per heavy atom. The molecule has 1 fully saturated rings. The van der Waals surface area contributed by atoms with Gasteiger partial charge in [-0.15, -0.1) is 0 Å². The molecule has 1 heterocycles. The predicted molar refractivity (Wildman–Crippen MR) is 45.9 cm³/mol. The lowest BCUT2D eigenvalue weighted by atomic mass is 10.1. The van der Waals surface area contributed by atoms with Crippen molar-refractivity contribution in [1.82, 2.24) is 10.6 Å². The minimum Gasteiger partial charge on any atom is -0.375 e. The van der Waals surface area contributed by atoms with Crippen molar-refractivity contribution >= 4 is 5.91 Å². The van der Waals surface area contributed by atoms with Crippen molar-refractivity contribution in [3.63, 3.8) is 0 Å². The summed E-state index contributed by atoms with van der Waals surface area (Å²) in [5.41, 5.74) is 0. The van der Waals surface area contributed by atoms with Crippen LogP contribution in [-0.4, -0.2) is 38.8 Å². The van der Waals surface area contributed by atoms with Crippen LogP contribution in [0.25, 0.3) is 0 Å². The summed E-state index contributed by atoms with van der Waals surface area (Å²) in [6.45, 7) is 2.11. The second-order valence-corrected chi connectivity index (χ2v) is 3.04. The van der Waals surface area contributed by atoms with Crippen LogP contribution in [0.3, 0.4) is 0 Å². The zero-order valence-electron chi connectivity index (χ0n) is 7.43. The molecule has 0 aliphatic carbocycles. The Kier molecular flexibility index (Phi) is 4.04. The molecule has 12 heavy (non-hydrogen) atoms. The van der Waals surface area contributed by atoms with Gasteiger partial charge in [-0.3, -0.25) is 4.79 Å². The Morgan fingerprint density at radius 2 is 2.58 bits per heavy atom. The van der Waals surface area contributed by atoms with E-state index in [1.165, 1.54) is 7.11 Å². The van der Waals surface area contributed by atoms with Gasteiger partial charge < -0.3 is 15.4 Å². The number of nitrogens with one attached hydrogen (secondary N) is 2. The SMILES string of the molecule is COCC(=O)N[C@@H]1CCCNC1. The van der Waals surface area contributed by atoms with E-state index in [9.17, 15) is 4.79 Å². The maximum atomic E-state index is 11.0. The van der Waals surface area contributed by atoms with E-state index in [2.05, 4.69) is 10.6 Å². The normalized spacial score (nSPS) is 23.6. The molecule has 0 bridgehead atoms. The predicted octanol–water partition coefficient (Wildman–Crippen LogP) is -0.499. The third kappa shape index (κ3) is 3.19. The van der Waals surface area contributed by atoms with Gasteiger partial charge in [0, 0.05) is 19.7 Å². The maximum Gasteiger partial charge on any atom is 0.246 e. The van der Waals surface area contributed by atoms with Crippen LogP contribution in [-0.2, 0) is 9.53 Å². The molecule has 1 saturated heterocycles. The van der Waals surface area contributed by atoms with Crippen LogP contribution in [0.2, 0.25) is 0 Å². The van der Waals surface area contributed by atoms with E-state index in [1.807, 2.05) is 0 Å². The van der Waals surface area contributed by atoms with Crippen molar-refractivity contribution in [3.8, 4) is 0 Å². The minimum atomic E-state index is -0.0220. The number of ether oxygens (including phenoxy) is 1. The molecule has 1 amide bonds. The number of hydrogen-bond acceptors (Lipinski definition) is 3. The first kappa shape index (κ1) is 9.48. The summed E-state index contributed by atoms with van der Waals surface area (Å²) in [6, 6.07) is 0.293. The summed E-state index contributed by atoms with van der Waals surface area (Å²) >= 11 is 0. The number of hydrogen-bond donors (Lipinski definition) is 2. The fourth-order valence-corrected chi connectivity index (χ4v) is 1.38. The Morgan fingerprint density at radius 1 is 1.75 bits per heavy atom. The van der Waals surface area contributed by atoms with Crippen molar-refractivity contribution in [1.29, 1.82) is 0 Å². The fraction of sp³-hybridized carbons (Fsp3) is 0.875. The molecule has 0 aromatic rings. The van der Waals surface area contributed by atoms with Crippen LogP contribution in [0.5, 0.6) is 0 Å². The molecule has 4 nitrogen and oxygen atoms in total. The number of amides is 1. The van der Waals surface area contributed by atoms with Crippen molar-refractivity contribution in [2.75, 3.05) is 26.8 Å². The van der Waals surface area contributed by atoms with Crippen molar-refractivity contribution in [2.24, 2.45) is 0 Å². The second-order valence-electron chi connectivity index (χ2n) is 3.04. The molecule has 70 valence electrons. The summed E-state index contributed by atoms with van der Waals surface area (Å²) in [4.78, 5) is 11.0. The number of rotatable bonds is 3. The minimum absolute atomic E-state index is 0.0220. The van der Waals surface area contributed by atoms with E-state index in [-0.39, 0.29) is 12.5 Å². The standard InChI is InChI=1S/C8H16N2O2/c1-12-6-8(11)10-7-3-2-4-9-5-7/h7,9H,2-6H2,1H3,(H,10,11)/t7-/m1/s1. The van der Waals surface area contributed by atoms with E-state index in [0.717, 1.165) is 25.9 Å². The first-order valence-electron chi connectivity index (χ1n) is 4.32. The van der Waals surface area contributed by atoms with E-state index in [4.69, 9.17) is 4.74 Å². The van der Waals surface area contributed by atoms with Crippen LogP contribution in [0.15, 0.2) is 0 Å². The summed E-state index contributed by atoms with van der Waals surface area (Å²) in [7, 11) is 1.53. The van der Waals surface area contributed by atoms with E-state index in [1.54, 1.807) is 0 Å². The molecule has 0 aromatic heterocycles. The zero-order valence-corrected chi connectivity index (χ0v) is 7.43. The highest BCUT2D eigenvalue weighted by molar-refractivity contribution is 5.77. The second kappa shape index (κ2) is 5.11. The van der Waals surface area contributed by atoms with E-state index >= 15 is 0 Å². The van der Waals surface area contributed by atoms with Gasteiger partial charge in [-0.05, 0) is 19.4 Å². The molecule has 1 aliphatic rings. The highest BCUT2D eigenvalue weighted by Gasteiger charge is 2.14. The Bertz CT molecular complexity index is 144. The summed E-state index contributed by atoms with van der Waals surface area (Å²) < 4.78 is 4.71. The molecule has 1 atom stereocenters. The monoisotopic (exact) mass is 172 g/mol. The van der Waals surface area contributed by atoms with Gasteiger partial charge in [-0.1, -0.05) is 0 Å². The molecular formula is C8H16N2O2. The van der Waals surface area contributed by atoms with Crippen LogP contribution in [0, 0.1) is 0 Å². The molecule has 0 unspecified atom stereocenters. The van der Waals surface area contributed by atoms with Gasteiger partial charge in [0.1, 0.15) is 6.61 Å². The largest absolute Gasteiger partial charge is 0.375 e. The molecule has 0 aromatic carbocycles. The molecule has 4 heteroatoms. The number of carbonyl (C=O) groups is 1. The third-order valence-corrected chi connectivity index (χ3v) is 1.94. The lowest BCUT2D eigenvalue weighted by Gasteiger charge is -2.23. The molecular weight excluding hydrogens is 156 g/mol. The summed E-state index contributed by atoms with van der Waals surface area (Å²) in [6.07, 6.45) is 2.21. The van der Waals surface area contributed by atoms with Crippen molar-refractivity contribution in [3.05, 3.63) is 0 Å². The Labute approximate surface area is 72.7 Å². The van der Waals surface area contributed by atoms with Gasteiger partial charge in [0.25, 0.3) is 0 Å². The fourth-order valence-electron chi connectivity index (χ4n) is 1.38. The van der Waals surface area contributed by atoms with Crippen LogP contribution in [0.4, 0.5) is 0 Å². The van der Waals surface area contributed by atoms with Gasteiger partial charge in [0.05, 0.1) is 0 Å². The van der Waals surface area contributed by atoms with E-state index < -0.39 is 0 Å². The number of methoxy groups -OCH3 is 1.